The second-order valence-corrected chi connectivity index (χ2v) is 8.93. The molecule has 0 spiro atoms. The van der Waals surface area contributed by atoms with E-state index in [0.717, 1.165) is 6.07 Å². The van der Waals surface area contributed by atoms with Gasteiger partial charge in [0.1, 0.15) is 22.8 Å². The van der Waals surface area contributed by atoms with E-state index < -0.39 is 35.9 Å². The molecule has 2 aromatic rings. The van der Waals surface area contributed by atoms with Crippen molar-refractivity contribution in [3.05, 3.63) is 65.8 Å². The summed E-state index contributed by atoms with van der Waals surface area (Å²) in [6, 6.07) is 6.02. The smallest absolute Gasteiger partial charge is 0.342 e. The van der Waals surface area contributed by atoms with E-state index in [4.69, 9.17) is 18.9 Å². The van der Waals surface area contributed by atoms with Crippen LogP contribution >= 0.6 is 0 Å². The minimum atomic E-state index is -0.875. The Morgan fingerprint density at radius 3 is 2.00 bits per heavy atom. The Bertz CT molecular complexity index is 1290. The number of hydrogen-bond acceptors (Lipinski definition) is 10. The van der Waals surface area contributed by atoms with Gasteiger partial charge < -0.3 is 29.2 Å². The molecule has 0 saturated heterocycles. The van der Waals surface area contributed by atoms with Gasteiger partial charge in [0, 0.05) is 17.2 Å². The molecule has 10 nitrogen and oxygen atoms in total. The molecule has 202 valence electrons. The maximum atomic E-state index is 12.8. The number of phenols is 2. The summed E-state index contributed by atoms with van der Waals surface area (Å²) in [6.07, 6.45) is -0.560. The molecule has 0 amide bonds. The molecule has 38 heavy (non-hydrogen) atoms. The summed E-state index contributed by atoms with van der Waals surface area (Å²) in [4.78, 5) is 49.1. The average Bonchev–Trinajstić information content (AvgIpc) is 2.82. The minimum Gasteiger partial charge on any atom is -0.508 e. The van der Waals surface area contributed by atoms with Crippen LogP contribution in [0.5, 0.6) is 28.7 Å². The lowest BCUT2D eigenvalue weighted by molar-refractivity contribution is -0.138. The minimum absolute atomic E-state index is 0.0248. The normalized spacial score (nSPS) is 11.3. The van der Waals surface area contributed by atoms with Crippen LogP contribution in [0.4, 0.5) is 0 Å². The summed E-state index contributed by atoms with van der Waals surface area (Å²) in [7, 11) is 0. The highest BCUT2D eigenvalue weighted by Gasteiger charge is 2.25. The highest BCUT2D eigenvalue weighted by molar-refractivity contribution is 5.96. The summed E-state index contributed by atoms with van der Waals surface area (Å²) in [6.45, 7) is 14.7. The molecule has 1 unspecified atom stereocenters. The van der Waals surface area contributed by atoms with Crippen molar-refractivity contribution in [3.8, 4) is 28.7 Å². The van der Waals surface area contributed by atoms with Gasteiger partial charge in [0.2, 0.25) is 0 Å². The third kappa shape index (κ3) is 7.95. The molecule has 2 rings (SSSR count). The fourth-order valence-electron chi connectivity index (χ4n) is 2.94. The van der Waals surface area contributed by atoms with E-state index in [0.29, 0.717) is 0 Å². The predicted octanol–water partition coefficient (Wildman–Crippen LogP) is 4.41. The Kier molecular flexibility index (Phi) is 9.81. The fourth-order valence-corrected chi connectivity index (χ4v) is 2.94. The molecule has 0 aliphatic heterocycles. The van der Waals surface area contributed by atoms with Gasteiger partial charge in [-0.15, -0.1) is 0 Å². The first-order valence-electron chi connectivity index (χ1n) is 11.6. The molecule has 1 atom stereocenters. The zero-order chi connectivity index (χ0) is 28.7. The van der Waals surface area contributed by atoms with Crippen molar-refractivity contribution in [1.29, 1.82) is 0 Å². The number of ether oxygens (including phenoxy) is 4. The van der Waals surface area contributed by atoms with Crippen molar-refractivity contribution in [2.75, 3.05) is 0 Å². The molecule has 0 aliphatic carbocycles. The van der Waals surface area contributed by atoms with Crippen molar-refractivity contribution >= 4 is 23.9 Å². The number of carbonyl (C=O) groups is 4. The number of rotatable bonds is 10. The quantitative estimate of drug-likeness (QED) is 0.259. The van der Waals surface area contributed by atoms with Gasteiger partial charge in [0.15, 0.2) is 11.5 Å². The summed E-state index contributed by atoms with van der Waals surface area (Å²) in [5.74, 6) is -5.08. The van der Waals surface area contributed by atoms with Crippen molar-refractivity contribution in [2.45, 2.75) is 47.1 Å². The molecular weight excluding hydrogens is 496 g/mol. The number of aromatic hydroxyl groups is 2. The van der Waals surface area contributed by atoms with Crippen LogP contribution in [0.1, 0.15) is 50.5 Å². The SMILES string of the molecule is C=C(C)C(=O)Oc1ccc(O)c(OC(=O)C(C)Cc2cc(OC(=O)C(=C)C)c(C(=O)OC(C)C)cc2O)c1. The van der Waals surface area contributed by atoms with E-state index in [1.54, 1.807) is 13.8 Å². The van der Waals surface area contributed by atoms with Gasteiger partial charge in [-0.1, -0.05) is 20.1 Å². The van der Waals surface area contributed by atoms with Gasteiger partial charge in [0.05, 0.1) is 12.0 Å². The molecule has 0 radical (unpaired) electrons. The van der Waals surface area contributed by atoms with Gasteiger partial charge in [-0.3, -0.25) is 4.79 Å². The molecule has 0 fully saturated rings. The van der Waals surface area contributed by atoms with E-state index in [-0.39, 0.29) is 57.4 Å². The van der Waals surface area contributed by atoms with E-state index in [1.807, 2.05) is 0 Å². The van der Waals surface area contributed by atoms with Crippen molar-refractivity contribution in [3.63, 3.8) is 0 Å². The zero-order valence-electron chi connectivity index (χ0n) is 21.8. The van der Waals surface area contributed by atoms with Crippen LogP contribution in [0, 0.1) is 5.92 Å². The molecule has 0 bridgehead atoms. The van der Waals surface area contributed by atoms with E-state index in [2.05, 4.69) is 13.2 Å². The van der Waals surface area contributed by atoms with Crippen molar-refractivity contribution in [1.82, 2.24) is 0 Å². The molecule has 2 N–H and O–H groups in total. The van der Waals surface area contributed by atoms with Crippen LogP contribution in [0.2, 0.25) is 0 Å². The van der Waals surface area contributed by atoms with Crippen molar-refractivity contribution < 1.29 is 48.3 Å². The van der Waals surface area contributed by atoms with Gasteiger partial charge in [-0.2, -0.15) is 0 Å². The van der Waals surface area contributed by atoms with Gasteiger partial charge >= 0.3 is 23.9 Å². The van der Waals surface area contributed by atoms with E-state index in [1.165, 1.54) is 45.0 Å². The Morgan fingerprint density at radius 1 is 0.816 bits per heavy atom. The predicted molar refractivity (Wildman–Crippen MR) is 136 cm³/mol. The van der Waals surface area contributed by atoms with Gasteiger partial charge in [-0.05, 0) is 63.9 Å². The van der Waals surface area contributed by atoms with Crippen LogP contribution in [0.15, 0.2) is 54.6 Å². The maximum Gasteiger partial charge on any atom is 0.342 e. The lowest BCUT2D eigenvalue weighted by Gasteiger charge is -2.17. The largest absolute Gasteiger partial charge is 0.508 e. The van der Waals surface area contributed by atoms with Crippen LogP contribution in [-0.2, 0) is 25.5 Å². The number of carbonyl (C=O) groups excluding carboxylic acids is 4. The van der Waals surface area contributed by atoms with Crippen LogP contribution in [0.3, 0.4) is 0 Å². The van der Waals surface area contributed by atoms with E-state index in [9.17, 15) is 29.4 Å². The lowest BCUT2D eigenvalue weighted by Crippen LogP contribution is -2.20. The van der Waals surface area contributed by atoms with Gasteiger partial charge in [-0.25, -0.2) is 14.4 Å². The van der Waals surface area contributed by atoms with Crippen LogP contribution < -0.4 is 14.2 Å². The number of esters is 4. The van der Waals surface area contributed by atoms with Crippen molar-refractivity contribution in [2.24, 2.45) is 5.92 Å². The van der Waals surface area contributed by atoms with Crippen LogP contribution in [-0.4, -0.2) is 40.2 Å². The molecular formula is C28H30O10. The highest BCUT2D eigenvalue weighted by Crippen LogP contribution is 2.34. The summed E-state index contributed by atoms with van der Waals surface area (Å²) < 4.78 is 20.8. The second kappa shape index (κ2) is 12.6. The Morgan fingerprint density at radius 2 is 1.42 bits per heavy atom. The number of benzene rings is 2. The van der Waals surface area contributed by atoms with Gasteiger partial charge in [0.25, 0.3) is 0 Å². The molecule has 2 aromatic carbocycles. The first-order valence-corrected chi connectivity index (χ1v) is 11.6. The molecule has 0 aliphatic rings. The summed E-state index contributed by atoms with van der Waals surface area (Å²) >= 11 is 0. The lowest BCUT2D eigenvalue weighted by atomic mass is 9.98. The first kappa shape index (κ1) is 29.6. The maximum absolute atomic E-state index is 12.8. The average molecular weight is 527 g/mol. The Balaban J connectivity index is 2.29. The summed E-state index contributed by atoms with van der Waals surface area (Å²) in [5, 5.41) is 20.6. The number of hydrogen-bond donors (Lipinski definition) is 2. The first-order chi connectivity index (χ1) is 17.7. The molecule has 0 aromatic heterocycles. The molecule has 0 saturated carbocycles. The van der Waals surface area contributed by atoms with E-state index >= 15 is 0 Å². The Hall–Kier alpha value is -4.60. The van der Waals surface area contributed by atoms with Crippen LogP contribution in [0.25, 0.3) is 0 Å². The topological polar surface area (TPSA) is 146 Å². The number of phenolic OH excluding ortho intramolecular Hbond substituents is 2. The third-order valence-electron chi connectivity index (χ3n) is 4.92. The monoisotopic (exact) mass is 526 g/mol. The fraction of sp³-hybridized carbons (Fsp3) is 0.286. The molecule has 10 heteroatoms. The summed E-state index contributed by atoms with van der Waals surface area (Å²) in [5.41, 5.74) is 0.224. The highest BCUT2D eigenvalue weighted by atomic mass is 16.6. The second-order valence-electron chi connectivity index (χ2n) is 8.93. The third-order valence-corrected chi connectivity index (χ3v) is 4.92. The molecule has 0 heterocycles. The Labute approximate surface area is 220 Å². The standard InChI is InChI=1S/C28H30O10/c1-14(2)25(31)36-19-8-9-21(29)24(12-19)38-27(33)17(7)10-18-11-23(37-26(32)15(3)4)20(13-22(18)30)28(34)35-16(5)6/h8-9,11-13,16-17,29-30H,1,3,10H2,2,4-7H3. The zero-order valence-corrected chi connectivity index (χ0v) is 21.8.